The average molecular weight is 407 g/mol. The molecule has 1 aliphatic rings. The first-order valence-electron chi connectivity index (χ1n) is 7.86. The van der Waals surface area contributed by atoms with Gasteiger partial charge in [0.15, 0.2) is 0 Å². The minimum Gasteiger partial charge on any atom is -0.495 e. The van der Waals surface area contributed by atoms with Gasteiger partial charge in [-0.3, -0.25) is 4.79 Å². The Balaban J connectivity index is 1.72. The van der Waals surface area contributed by atoms with Crippen LogP contribution in [0.4, 0.5) is 5.95 Å². The molecule has 2 heterocycles. The molecule has 1 fully saturated rings. The van der Waals surface area contributed by atoms with Gasteiger partial charge in [-0.1, -0.05) is 0 Å². The van der Waals surface area contributed by atoms with Gasteiger partial charge < -0.3 is 19.3 Å². The molecule has 1 aliphatic heterocycles. The molecule has 2 aromatic rings. The first kappa shape index (κ1) is 17.5. The lowest BCUT2D eigenvalue weighted by Crippen LogP contribution is -2.49. The fourth-order valence-corrected chi connectivity index (χ4v) is 3.29. The molecule has 25 heavy (non-hydrogen) atoms. The highest BCUT2D eigenvalue weighted by Gasteiger charge is 2.25. The van der Waals surface area contributed by atoms with E-state index in [4.69, 9.17) is 9.47 Å². The lowest BCUT2D eigenvalue weighted by atomic mass is 10.1. The number of carbonyl (C=O) groups excluding carboxylic acids is 1. The summed E-state index contributed by atoms with van der Waals surface area (Å²) in [6, 6.07) is 5.24. The van der Waals surface area contributed by atoms with Gasteiger partial charge in [0.05, 0.1) is 14.2 Å². The van der Waals surface area contributed by atoms with Gasteiger partial charge >= 0.3 is 0 Å². The molecule has 1 saturated heterocycles. The van der Waals surface area contributed by atoms with E-state index in [0.29, 0.717) is 53.7 Å². The number of hydrogen-bond donors (Lipinski definition) is 0. The number of halogens is 1. The maximum Gasteiger partial charge on any atom is 0.254 e. The Kier molecular flexibility index (Phi) is 5.37. The van der Waals surface area contributed by atoms with Gasteiger partial charge in [-0.15, -0.1) is 0 Å². The molecule has 0 unspecified atom stereocenters. The summed E-state index contributed by atoms with van der Waals surface area (Å²) in [6.07, 6.45) is 3.44. The Hall–Kier alpha value is -2.35. The van der Waals surface area contributed by atoms with Gasteiger partial charge in [0.1, 0.15) is 16.0 Å². The Morgan fingerprint density at radius 2 is 1.60 bits per heavy atom. The quantitative estimate of drug-likeness (QED) is 0.775. The lowest BCUT2D eigenvalue weighted by Gasteiger charge is -2.34. The molecular weight excluding hydrogens is 388 g/mol. The zero-order chi connectivity index (χ0) is 17.8. The molecule has 0 aliphatic carbocycles. The summed E-state index contributed by atoms with van der Waals surface area (Å²) in [4.78, 5) is 25.3. The van der Waals surface area contributed by atoms with Crippen LogP contribution in [0.15, 0.2) is 35.1 Å². The second-order valence-electron chi connectivity index (χ2n) is 5.52. The molecule has 0 atom stereocenters. The van der Waals surface area contributed by atoms with Gasteiger partial charge in [0.25, 0.3) is 5.91 Å². The van der Waals surface area contributed by atoms with Crippen LogP contribution in [0.2, 0.25) is 0 Å². The number of benzene rings is 1. The number of carbonyl (C=O) groups is 1. The molecule has 0 bridgehead atoms. The summed E-state index contributed by atoms with van der Waals surface area (Å²) in [6.45, 7) is 2.61. The van der Waals surface area contributed by atoms with Crippen molar-refractivity contribution in [2.75, 3.05) is 45.3 Å². The fraction of sp³-hybridized carbons (Fsp3) is 0.353. The second kappa shape index (κ2) is 7.69. The maximum atomic E-state index is 12.8. The van der Waals surface area contributed by atoms with E-state index in [-0.39, 0.29) is 5.91 Å². The van der Waals surface area contributed by atoms with Crippen LogP contribution >= 0.6 is 15.9 Å². The Morgan fingerprint density at radius 1 is 1.04 bits per heavy atom. The maximum absolute atomic E-state index is 12.8. The highest BCUT2D eigenvalue weighted by atomic mass is 79.9. The Morgan fingerprint density at radius 3 is 2.12 bits per heavy atom. The smallest absolute Gasteiger partial charge is 0.254 e. The van der Waals surface area contributed by atoms with Crippen LogP contribution < -0.4 is 14.4 Å². The van der Waals surface area contributed by atoms with E-state index in [1.165, 1.54) is 0 Å². The molecule has 3 rings (SSSR count). The summed E-state index contributed by atoms with van der Waals surface area (Å²) >= 11 is 3.42. The van der Waals surface area contributed by atoms with E-state index >= 15 is 0 Å². The number of nitrogens with zero attached hydrogens (tertiary/aromatic N) is 4. The van der Waals surface area contributed by atoms with Crippen molar-refractivity contribution in [3.8, 4) is 11.5 Å². The summed E-state index contributed by atoms with van der Waals surface area (Å²) in [5, 5.41) is 0. The number of amides is 1. The molecule has 1 aromatic carbocycles. The first-order chi connectivity index (χ1) is 12.1. The van der Waals surface area contributed by atoms with Crippen molar-refractivity contribution in [1.29, 1.82) is 0 Å². The van der Waals surface area contributed by atoms with Crippen LogP contribution in [0.3, 0.4) is 0 Å². The van der Waals surface area contributed by atoms with E-state index in [0.717, 1.165) is 0 Å². The minimum absolute atomic E-state index is 0.0438. The number of rotatable bonds is 4. The van der Waals surface area contributed by atoms with Crippen molar-refractivity contribution in [1.82, 2.24) is 14.9 Å². The lowest BCUT2D eigenvalue weighted by molar-refractivity contribution is 0.0745. The number of piperazine rings is 1. The Bertz CT molecular complexity index is 724. The summed E-state index contributed by atoms with van der Waals surface area (Å²) in [5.74, 6) is 1.79. The van der Waals surface area contributed by atoms with Crippen molar-refractivity contribution >= 4 is 27.8 Å². The molecule has 132 valence electrons. The van der Waals surface area contributed by atoms with Crippen LogP contribution in [0.25, 0.3) is 0 Å². The van der Waals surface area contributed by atoms with E-state index in [2.05, 4.69) is 30.8 Å². The van der Waals surface area contributed by atoms with Gasteiger partial charge in [0, 0.05) is 44.1 Å². The van der Waals surface area contributed by atoms with Gasteiger partial charge in [-0.05, 0) is 34.1 Å². The van der Waals surface area contributed by atoms with Crippen molar-refractivity contribution < 1.29 is 14.3 Å². The number of methoxy groups -OCH3 is 2. The molecule has 8 heteroatoms. The summed E-state index contributed by atoms with van der Waals surface area (Å²) < 4.78 is 11.3. The predicted molar refractivity (Wildman–Crippen MR) is 97.4 cm³/mol. The second-order valence-corrected chi connectivity index (χ2v) is 6.32. The van der Waals surface area contributed by atoms with Crippen LogP contribution in [0, 0.1) is 0 Å². The van der Waals surface area contributed by atoms with Crippen LogP contribution in [-0.2, 0) is 0 Å². The van der Waals surface area contributed by atoms with Crippen LogP contribution in [0.1, 0.15) is 10.4 Å². The molecule has 1 aromatic heterocycles. The fourth-order valence-electron chi connectivity index (χ4n) is 2.74. The third-order valence-corrected chi connectivity index (χ3v) is 4.88. The topological polar surface area (TPSA) is 67.8 Å². The monoisotopic (exact) mass is 406 g/mol. The van der Waals surface area contributed by atoms with Crippen LogP contribution in [0.5, 0.6) is 11.5 Å². The highest BCUT2D eigenvalue weighted by molar-refractivity contribution is 9.10. The van der Waals surface area contributed by atoms with Crippen molar-refractivity contribution in [2.24, 2.45) is 0 Å². The molecule has 1 amide bonds. The molecular formula is C17H19BrN4O3. The minimum atomic E-state index is -0.0438. The SMILES string of the molecule is COc1cc(C(=O)N2CCN(c3ncccn3)CC2)cc(OC)c1Br. The summed E-state index contributed by atoms with van der Waals surface area (Å²) in [5.41, 5.74) is 0.543. The third kappa shape index (κ3) is 3.68. The molecule has 7 nitrogen and oxygen atoms in total. The number of anilines is 1. The van der Waals surface area contributed by atoms with Crippen molar-refractivity contribution in [2.45, 2.75) is 0 Å². The Labute approximate surface area is 154 Å². The molecule has 0 N–H and O–H groups in total. The molecule has 0 saturated carbocycles. The largest absolute Gasteiger partial charge is 0.495 e. The number of hydrogen-bond acceptors (Lipinski definition) is 6. The third-order valence-electron chi connectivity index (χ3n) is 4.09. The van der Waals surface area contributed by atoms with E-state index in [1.807, 2.05) is 4.90 Å². The van der Waals surface area contributed by atoms with Crippen molar-refractivity contribution in [3.63, 3.8) is 0 Å². The van der Waals surface area contributed by atoms with Gasteiger partial charge in [0.2, 0.25) is 5.95 Å². The zero-order valence-electron chi connectivity index (χ0n) is 14.1. The van der Waals surface area contributed by atoms with E-state index in [9.17, 15) is 4.79 Å². The number of ether oxygens (including phenoxy) is 2. The van der Waals surface area contributed by atoms with Gasteiger partial charge in [-0.25, -0.2) is 9.97 Å². The van der Waals surface area contributed by atoms with Crippen LogP contribution in [-0.4, -0.2) is 61.2 Å². The average Bonchev–Trinajstić information content (AvgIpc) is 2.68. The standard InChI is InChI=1S/C17H19BrN4O3/c1-24-13-10-12(11-14(25-2)15(13)18)16(23)21-6-8-22(9-7-21)17-19-4-3-5-20-17/h3-5,10-11H,6-9H2,1-2H3. The molecule has 0 radical (unpaired) electrons. The summed E-state index contributed by atoms with van der Waals surface area (Å²) in [7, 11) is 3.12. The van der Waals surface area contributed by atoms with Crippen molar-refractivity contribution in [3.05, 3.63) is 40.6 Å². The zero-order valence-corrected chi connectivity index (χ0v) is 15.7. The predicted octanol–water partition coefficient (Wildman–Crippen LogP) is 2.22. The first-order valence-corrected chi connectivity index (χ1v) is 8.66. The van der Waals surface area contributed by atoms with Gasteiger partial charge in [-0.2, -0.15) is 0 Å². The normalized spacial score (nSPS) is 14.4. The van der Waals surface area contributed by atoms with E-state index < -0.39 is 0 Å². The molecule has 0 spiro atoms. The highest BCUT2D eigenvalue weighted by Crippen LogP contribution is 2.36. The van der Waals surface area contributed by atoms with E-state index in [1.54, 1.807) is 44.8 Å². The number of aromatic nitrogens is 2.